The largest absolute Gasteiger partial charge is 0.356 e. The van der Waals surface area contributed by atoms with Crippen LogP contribution in [0.15, 0.2) is 53.4 Å². The Morgan fingerprint density at radius 3 is 2.17 bits per heavy atom. The van der Waals surface area contributed by atoms with E-state index in [1.165, 1.54) is 0 Å². The molecule has 0 saturated heterocycles. The molecular weight excluding hydrogens is 458 g/mol. The molecule has 0 amide bonds. The zero-order valence-electron chi connectivity index (χ0n) is 21.0. The van der Waals surface area contributed by atoms with Gasteiger partial charge in [-0.15, -0.1) is 0 Å². The van der Waals surface area contributed by atoms with Crippen molar-refractivity contribution in [1.29, 1.82) is 0 Å². The lowest BCUT2D eigenvalue weighted by molar-refractivity contribution is 0.284. The molecule has 35 heavy (non-hydrogen) atoms. The van der Waals surface area contributed by atoms with Crippen LogP contribution in [-0.4, -0.2) is 44.6 Å². The fourth-order valence-corrected chi connectivity index (χ4v) is 5.92. The van der Waals surface area contributed by atoms with Crippen molar-refractivity contribution in [2.24, 2.45) is 11.8 Å². The topological polar surface area (TPSA) is 87.2 Å². The third-order valence-corrected chi connectivity index (χ3v) is 8.49. The molecule has 0 spiro atoms. The summed E-state index contributed by atoms with van der Waals surface area (Å²) >= 11 is 0. The van der Waals surface area contributed by atoms with Crippen LogP contribution in [0, 0.1) is 18.8 Å². The summed E-state index contributed by atoms with van der Waals surface area (Å²) in [5, 5.41) is 4.57. The number of hydrogen-bond donors (Lipinski definition) is 2. The number of sulfonamides is 1. The molecule has 1 saturated carbocycles. The number of benzene rings is 2. The van der Waals surface area contributed by atoms with Crippen LogP contribution in [0.1, 0.15) is 45.1 Å². The maximum absolute atomic E-state index is 12.6. The van der Waals surface area contributed by atoms with Gasteiger partial charge in [0, 0.05) is 31.6 Å². The minimum absolute atomic E-state index is 0.334. The van der Waals surface area contributed by atoms with Crippen molar-refractivity contribution >= 4 is 32.7 Å². The summed E-state index contributed by atoms with van der Waals surface area (Å²) in [6, 6.07) is 15.2. The highest BCUT2D eigenvalue weighted by molar-refractivity contribution is 7.89. The molecule has 0 radical (unpaired) electrons. The van der Waals surface area contributed by atoms with E-state index >= 15 is 0 Å². The Bertz CT molecular complexity index is 1220. The first-order chi connectivity index (χ1) is 16.9. The van der Waals surface area contributed by atoms with E-state index in [1.807, 2.05) is 37.3 Å². The van der Waals surface area contributed by atoms with E-state index in [-0.39, 0.29) is 0 Å². The van der Waals surface area contributed by atoms with Gasteiger partial charge in [-0.2, -0.15) is 4.98 Å². The fraction of sp³-hybridized carbons (Fsp3) is 0.481. The molecule has 7 nitrogen and oxygen atoms in total. The van der Waals surface area contributed by atoms with Gasteiger partial charge in [-0.25, -0.2) is 18.1 Å². The van der Waals surface area contributed by atoms with E-state index < -0.39 is 10.0 Å². The van der Waals surface area contributed by atoms with E-state index in [0.29, 0.717) is 29.2 Å². The molecule has 3 aromatic rings. The van der Waals surface area contributed by atoms with E-state index in [9.17, 15) is 8.42 Å². The lowest BCUT2D eigenvalue weighted by atomic mass is 9.82. The minimum Gasteiger partial charge on any atom is -0.356 e. The highest BCUT2D eigenvalue weighted by atomic mass is 32.2. The Hall–Kier alpha value is -2.71. The average molecular weight is 496 g/mol. The molecule has 0 unspecified atom stereocenters. The molecule has 188 valence electrons. The second kappa shape index (κ2) is 11.4. The molecule has 1 fully saturated rings. The van der Waals surface area contributed by atoms with Crippen LogP contribution >= 0.6 is 0 Å². The van der Waals surface area contributed by atoms with Gasteiger partial charge in [0.25, 0.3) is 0 Å². The number of para-hydroxylation sites is 1. The standard InChI is InChI=1S/C27H37N5O2S/c1-4-32(5-2)26-24-8-6-7-9-25(24)30-27(31-26)28-18-21-12-14-22(15-13-21)19-29-35(33,34)23-16-10-20(3)11-17-23/h6-11,16-17,21-22,29H,4-5,12-15,18-19H2,1-3H3,(H,28,30,31). The highest BCUT2D eigenvalue weighted by Gasteiger charge is 2.24. The normalized spacial score (nSPS) is 18.5. The summed E-state index contributed by atoms with van der Waals surface area (Å²) in [7, 11) is -3.45. The van der Waals surface area contributed by atoms with Gasteiger partial charge in [-0.05, 0) is 82.6 Å². The SMILES string of the molecule is CCN(CC)c1nc(NCC2CCC(CNS(=O)(=O)c3ccc(C)cc3)CC2)nc2ccccc12. The molecule has 0 atom stereocenters. The van der Waals surface area contributed by atoms with Gasteiger partial charge in [-0.3, -0.25) is 0 Å². The van der Waals surface area contributed by atoms with E-state index in [0.717, 1.165) is 67.6 Å². The summed E-state index contributed by atoms with van der Waals surface area (Å²) in [6.07, 6.45) is 4.18. The molecular formula is C27H37N5O2S. The van der Waals surface area contributed by atoms with Gasteiger partial charge in [0.15, 0.2) is 0 Å². The van der Waals surface area contributed by atoms with E-state index in [1.54, 1.807) is 12.1 Å². The number of nitrogens with zero attached hydrogens (tertiary/aromatic N) is 3. The third-order valence-electron chi connectivity index (χ3n) is 7.05. The Morgan fingerprint density at radius 1 is 0.886 bits per heavy atom. The van der Waals surface area contributed by atoms with Gasteiger partial charge >= 0.3 is 0 Å². The molecule has 1 aliphatic rings. The molecule has 0 bridgehead atoms. The van der Waals surface area contributed by atoms with E-state index in [2.05, 4.69) is 34.9 Å². The monoisotopic (exact) mass is 495 g/mol. The van der Waals surface area contributed by atoms with Gasteiger partial charge in [0.1, 0.15) is 5.82 Å². The lowest BCUT2D eigenvalue weighted by Gasteiger charge is -2.29. The quantitative estimate of drug-likeness (QED) is 0.412. The van der Waals surface area contributed by atoms with Crippen molar-refractivity contribution in [3.05, 3.63) is 54.1 Å². The molecule has 2 aromatic carbocycles. The van der Waals surface area contributed by atoms with Crippen molar-refractivity contribution in [1.82, 2.24) is 14.7 Å². The summed E-state index contributed by atoms with van der Waals surface area (Å²) in [6.45, 7) is 9.37. The fourth-order valence-electron chi connectivity index (χ4n) is 4.81. The highest BCUT2D eigenvalue weighted by Crippen LogP contribution is 2.30. The number of rotatable bonds is 10. The first kappa shape index (κ1) is 25.4. The third kappa shape index (κ3) is 6.30. The predicted octanol–water partition coefficient (Wildman–Crippen LogP) is 4.98. The number of fused-ring (bicyclic) bond motifs is 1. The molecule has 8 heteroatoms. The van der Waals surface area contributed by atoms with Gasteiger partial charge in [0.05, 0.1) is 10.4 Å². The second-order valence-corrected chi connectivity index (χ2v) is 11.3. The minimum atomic E-state index is -3.45. The maximum Gasteiger partial charge on any atom is 0.240 e. The maximum atomic E-state index is 12.6. The Balaban J connectivity index is 1.30. The zero-order valence-corrected chi connectivity index (χ0v) is 21.8. The zero-order chi connectivity index (χ0) is 24.8. The Kier molecular flexibility index (Phi) is 8.23. The van der Waals surface area contributed by atoms with Crippen LogP contribution in [0.25, 0.3) is 10.9 Å². The van der Waals surface area contributed by atoms with Crippen LogP contribution in [0.2, 0.25) is 0 Å². The Labute approximate surface area is 209 Å². The van der Waals surface area contributed by atoms with Crippen LogP contribution in [0.4, 0.5) is 11.8 Å². The van der Waals surface area contributed by atoms with Crippen molar-refractivity contribution in [3.8, 4) is 0 Å². The summed E-state index contributed by atoms with van der Waals surface area (Å²) in [5.41, 5.74) is 2.01. The molecule has 0 aliphatic heterocycles. The summed E-state index contributed by atoms with van der Waals surface area (Å²) in [5.74, 6) is 2.57. The Morgan fingerprint density at radius 2 is 1.51 bits per heavy atom. The molecule has 1 aliphatic carbocycles. The molecule has 4 rings (SSSR count). The van der Waals surface area contributed by atoms with Gasteiger partial charge in [0.2, 0.25) is 16.0 Å². The van der Waals surface area contributed by atoms with E-state index in [4.69, 9.17) is 9.97 Å². The number of aryl methyl sites for hydroxylation is 1. The van der Waals surface area contributed by atoms with Crippen LogP contribution < -0.4 is 14.9 Å². The predicted molar refractivity (Wildman–Crippen MR) is 143 cm³/mol. The number of nitrogens with one attached hydrogen (secondary N) is 2. The average Bonchev–Trinajstić information content (AvgIpc) is 2.88. The van der Waals surface area contributed by atoms with Crippen LogP contribution in [0.5, 0.6) is 0 Å². The number of hydrogen-bond acceptors (Lipinski definition) is 6. The summed E-state index contributed by atoms with van der Waals surface area (Å²) in [4.78, 5) is 12.2. The van der Waals surface area contributed by atoms with Crippen LogP contribution in [-0.2, 0) is 10.0 Å². The first-order valence-corrected chi connectivity index (χ1v) is 14.2. The number of aromatic nitrogens is 2. The van der Waals surface area contributed by atoms with Crippen molar-refractivity contribution in [2.45, 2.75) is 51.3 Å². The van der Waals surface area contributed by atoms with Crippen LogP contribution in [0.3, 0.4) is 0 Å². The lowest BCUT2D eigenvalue weighted by Crippen LogP contribution is -2.32. The first-order valence-electron chi connectivity index (χ1n) is 12.7. The van der Waals surface area contributed by atoms with Crippen molar-refractivity contribution in [2.75, 3.05) is 36.4 Å². The summed E-state index contributed by atoms with van der Waals surface area (Å²) < 4.78 is 28.0. The van der Waals surface area contributed by atoms with Gasteiger partial charge < -0.3 is 10.2 Å². The van der Waals surface area contributed by atoms with Crippen molar-refractivity contribution < 1.29 is 8.42 Å². The smallest absolute Gasteiger partial charge is 0.240 e. The second-order valence-electron chi connectivity index (χ2n) is 9.49. The van der Waals surface area contributed by atoms with Gasteiger partial charge in [-0.1, -0.05) is 29.8 Å². The molecule has 1 aromatic heterocycles. The van der Waals surface area contributed by atoms with Crippen molar-refractivity contribution in [3.63, 3.8) is 0 Å². The number of anilines is 2. The molecule has 1 heterocycles. The molecule has 2 N–H and O–H groups in total.